The minimum atomic E-state index is -1.74. The first-order chi connectivity index (χ1) is 58.1. The number of aliphatic hydroxyl groups is 1. The fraction of sp³-hybridized carbons (Fsp3) is 0.512. The van der Waals surface area contributed by atoms with Crippen molar-refractivity contribution in [2.24, 2.45) is 0 Å². The quantitative estimate of drug-likeness (QED) is 0.0132. The number of halogens is 3. The fourth-order valence-electron chi connectivity index (χ4n) is 13.8. The number of rotatable bonds is 32. The summed E-state index contributed by atoms with van der Waals surface area (Å²) in [5, 5.41) is 26.9. The number of nitrogens with zero attached hydrogens (tertiary/aromatic N) is 18. The van der Waals surface area contributed by atoms with Gasteiger partial charge < -0.3 is 68.0 Å². The normalized spacial score (nSPS) is 21.0. The van der Waals surface area contributed by atoms with Crippen molar-refractivity contribution in [2.75, 3.05) is 48.9 Å². The fourth-order valence-corrected chi connectivity index (χ4v) is 17.9. The van der Waals surface area contributed by atoms with E-state index in [1.165, 1.54) is 51.7 Å². The summed E-state index contributed by atoms with van der Waals surface area (Å²) in [6.07, 6.45) is -4.72. The van der Waals surface area contributed by atoms with Crippen LogP contribution in [0, 0.1) is 24.5 Å². The third kappa shape index (κ3) is 23.7. The van der Waals surface area contributed by atoms with Gasteiger partial charge in [-0.3, -0.25) is 28.1 Å². The number of aromatic nitrogens is 12. The van der Waals surface area contributed by atoms with Gasteiger partial charge in [-0.05, 0) is 139 Å². The number of alkyl halides is 3. The van der Waals surface area contributed by atoms with Crippen LogP contribution in [0.5, 0.6) is 0 Å². The molecule has 0 radical (unpaired) electrons. The Kier molecular flexibility index (Phi) is 35.6. The smallest absolute Gasteiger partial charge is 0.426 e. The average Bonchev–Trinajstić information content (AvgIpc) is 1.62. The van der Waals surface area contributed by atoms with E-state index in [0.29, 0.717) is 95.5 Å². The van der Waals surface area contributed by atoms with Crippen LogP contribution >= 0.6 is 17.0 Å². The Morgan fingerprint density at radius 1 is 0.504 bits per heavy atom. The molecule has 0 bridgehead atoms. The number of hydrogen-bond donors (Lipinski definition) is 4. The van der Waals surface area contributed by atoms with Crippen LogP contribution in [0.15, 0.2) is 129 Å². The maximum absolute atomic E-state index is 16.2. The van der Waals surface area contributed by atoms with Gasteiger partial charge in [-0.15, -0.1) is 0 Å². The van der Waals surface area contributed by atoms with Gasteiger partial charge in [0.25, 0.3) is 26.2 Å². The molecule has 34 nitrogen and oxygen atoms in total. The predicted molar refractivity (Wildman–Crippen MR) is 449 cm³/mol. The highest BCUT2D eigenvalue weighted by molar-refractivity contribution is 7.47. The summed E-state index contributed by atoms with van der Waals surface area (Å²) < 4.78 is 103. The SMILES string of the molecule is CC(C)N(C(C)C)P(OCCC#N)N(C(C)C)C(C)C.CC[C@H]1OC(n2cnc3c(NC(=O)c4ccccc4)ncnc32)[C@H](F)[C@@H]1O.[C-]#[N+]CCOC(=O)O[C@H]1[C@@H](F)[C@H](n2cnc3c(NC(=O)c4ccccc4)ncnc32)O[C@@H]1CC.[C-]#[N+]CCOP(O[C@@H]1[C@@H](CC)OC(n2cnc3c(NC(=O)c4ccccc4)ncnc32)[C@@H]1F)N(C(C)C)C(C)C. The summed E-state index contributed by atoms with van der Waals surface area (Å²) in [7, 11) is -2.50. The van der Waals surface area contributed by atoms with Gasteiger partial charge in [-0.2, -0.15) is 5.26 Å². The van der Waals surface area contributed by atoms with Crippen LogP contribution in [0.2, 0.25) is 0 Å². The molecule has 3 fully saturated rings. The van der Waals surface area contributed by atoms with E-state index >= 15 is 8.78 Å². The van der Waals surface area contributed by atoms with Crippen molar-refractivity contribution in [3.63, 3.8) is 0 Å². The summed E-state index contributed by atoms with van der Waals surface area (Å²) in [5.41, 5.74) is 3.12. The lowest BCUT2D eigenvalue weighted by atomic mass is 10.1. The Morgan fingerprint density at radius 2 is 0.860 bits per heavy atom. The molecule has 3 aromatic carbocycles. The van der Waals surface area contributed by atoms with Gasteiger partial charge in [0.15, 0.2) is 109 Å². The Labute approximate surface area is 704 Å². The van der Waals surface area contributed by atoms with E-state index in [0.717, 1.165) is 0 Å². The number of aliphatic hydroxyl groups excluding tert-OH is 1. The predicted octanol–water partition coefficient (Wildman–Crippen LogP) is 15.0. The zero-order chi connectivity index (χ0) is 87.7. The number of amides is 3. The van der Waals surface area contributed by atoms with E-state index < -0.39 is 97.0 Å². The number of fused-ring (bicyclic) bond motifs is 3. The van der Waals surface area contributed by atoms with E-state index in [1.54, 1.807) is 85.8 Å². The van der Waals surface area contributed by atoms with Gasteiger partial charge in [0.1, 0.15) is 43.9 Å². The molecule has 648 valence electrons. The molecule has 9 aromatic rings. The first-order valence-electron chi connectivity index (χ1n) is 40.1. The summed E-state index contributed by atoms with van der Waals surface area (Å²) in [6.45, 7) is 45.8. The molecule has 121 heavy (non-hydrogen) atoms. The average molecular weight is 1710 g/mol. The zero-order valence-corrected chi connectivity index (χ0v) is 72.1. The number of carbonyl (C=O) groups is 4. The highest BCUT2D eigenvalue weighted by atomic mass is 31.2. The summed E-state index contributed by atoms with van der Waals surface area (Å²) in [6, 6.07) is 30.0. The molecule has 39 heteroatoms. The maximum Gasteiger partial charge on any atom is 0.509 e. The van der Waals surface area contributed by atoms with Crippen molar-refractivity contribution < 1.29 is 74.7 Å². The first-order valence-corrected chi connectivity index (χ1v) is 42.4. The van der Waals surface area contributed by atoms with Crippen molar-refractivity contribution in [3.8, 4) is 6.07 Å². The molecule has 3 aliphatic heterocycles. The van der Waals surface area contributed by atoms with Crippen LogP contribution in [0.4, 0.5) is 35.4 Å². The Bertz CT molecular complexity index is 4900. The van der Waals surface area contributed by atoms with Gasteiger partial charge in [0.05, 0.1) is 50.3 Å². The minimum absolute atomic E-state index is 0.0149. The molecular formula is C82H106F3N21O13P2. The molecule has 12 rings (SSSR count). The van der Waals surface area contributed by atoms with E-state index in [-0.39, 0.29) is 84.7 Å². The van der Waals surface area contributed by atoms with Gasteiger partial charge in [-0.25, -0.2) is 90.0 Å². The van der Waals surface area contributed by atoms with Gasteiger partial charge in [-0.1, -0.05) is 75.4 Å². The highest BCUT2D eigenvalue weighted by Crippen LogP contribution is 2.53. The molecule has 3 unspecified atom stereocenters. The van der Waals surface area contributed by atoms with Crippen molar-refractivity contribution in [1.29, 1.82) is 5.26 Å². The molecule has 3 aliphatic rings. The second kappa shape index (κ2) is 45.6. The Morgan fingerprint density at radius 3 is 1.21 bits per heavy atom. The Hall–Kier alpha value is -10.3. The van der Waals surface area contributed by atoms with Crippen molar-refractivity contribution >= 4 is 91.8 Å². The van der Waals surface area contributed by atoms with E-state index in [4.69, 9.17) is 55.7 Å². The Balaban J connectivity index is 0.000000189. The van der Waals surface area contributed by atoms with Gasteiger partial charge >= 0.3 is 6.16 Å². The highest BCUT2D eigenvalue weighted by Gasteiger charge is 2.51. The first kappa shape index (κ1) is 94.6. The lowest BCUT2D eigenvalue weighted by Gasteiger charge is -2.45. The van der Waals surface area contributed by atoms with Crippen molar-refractivity contribution in [1.82, 2.24) is 72.6 Å². The monoisotopic (exact) mass is 1710 g/mol. The van der Waals surface area contributed by atoms with Crippen LogP contribution in [0.25, 0.3) is 43.2 Å². The van der Waals surface area contributed by atoms with Crippen LogP contribution in [-0.4, -0.2) is 226 Å². The third-order valence-electron chi connectivity index (χ3n) is 19.2. The number of carbonyl (C=O) groups excluding carboxylic acids is 4. The number of anilines is 3. The number of benzene rings is 3. The zero-order valence-electron chi connectivity index (χ0n) is 70.3. The van der Waals surface area contributed by atoms with E-state index in [1.807, 2.05) is 53.7 Å². The number of nitrogens with one attached hydrogen (secondary N) is 3. The lowest BCUT2D eigenvalue weighted by molar-refractivity contribution is -0.0348. The molecule has 0 saturated carbocycles. The largest absolute Gasteiger partial charge is 0.509 e. The molecule has 13 atom stereocenters. The lowest BCUT2D eigenvalue weighted by Crippen LogP contribution is -2.43. The van der Waals surface area contributed by atoms with Crippen LogP contribution in [0.1, 0.15) is 179 Å². The molecule has 3 amide bonds. The molecule has 9 heterocycles. The molecule has 0 spiro atoms. The van der Waals surface area contributed by atoms with Crippen LogP contribution < -0.4 is 16.0 Å². The molecule has 3 saturated heterocycles. The second-order valence-electron chi connectivity index (χ2n) is 29.6. The third-order valence-corrected chi connectivity index (χ3v) is 24.4. The number of imidazole rings is 3. The van der Waals surface area contributed by atoms with Crippen molar-refractivity contribution in [2.45, 2.75) is 240 Å². The molecule has 6 aromatic heterocycles. The second-order valence-corrected chi connectivity index (χ2v) is 32.7. The van der Waals surface area contributed by atoms with E-state index in [9.17, 15) is 28.7 Å². The maximum atomic E-state index is 16.2. The molecular weight excluding hydrogens is 1610 g/mol. The van der Waals surface area contributed by atoms with Gasteiger partial charge in [0.2, 0.25) is 13.1 Å². The number of hydrogen-bond acceptors (Lipinski definition) is 26. The standard InChI is InChI=1S/C27H35FN7O4P.C22H21FN6O5.C18H18FN5O3.C15H32N3OP/c1-7-20-23(39-40(37-14-13-29-6)35(17(2)3)18(4)5)21(28)27(38-20)34-16-32-22-24(30-15-31-25(22)34)33-26(36)19-11-9-8-10-12-19;1-3-14-17(34-22(31)32-10-9-24-2)15(23)21(33-14)29-12-27-16-18(25-11-26-19(16)29)28-20(30)13-7-5-4-6-8-13;1-2-11-14(25)12(19)18(27-11)24-9-22-13-15(20-8-21-16(13)24)23-17(26)10-6-4-3-5-7-10;1-12(2)17(13(3)4)20(19-11-9-10-16)18(14(5)6)15(7)8/h8-12,15-18,20-21,23,27H,7,13-14H2,1-5H3,(H,30,31,33,36);4-8,11-12,14-15,17,21H,3,9-10H2,1H3,(H,25,26,28,30);3-9,11-12,14,18,25H,2H2,1H3,(H,20,21,23,26);12-15H,9,11H2,1-8H3/t20-,21-,23-,27?,40?;14-,15-,17-,21-;11-,12-,14-,18?;/m111./s1. The van der Waals surface area contributed by atoms with Gasteiger partial charge in [0, 0.05) is 52.9 Å². The van der Waals surface area contributed by atoms with Crippen LogP contribution in [0.3, 0.4) is 0 Å². The molecule has 0 aliphatic carbocycles. The molecule has 4 N–H and O–H groups in total. The minimum Gasteiger partial charge on any atom is -0.426 e. The number of ether oxygens (including phenoxy) is 5. The summed E-state index contributed by atoms with van der Waals surface area (Å²) in [4.78, 5) is 93.8. The summed E-state index contributed by atoms with van der Waals surface area (Å²) >= 11 is 0. The topological polar surface area (TPSA) is 371 Å². The summed E-state index contributed by atoms with van der Waals surface area (Å²) in [5.74, 6) is -0.476. The van der Waals surface area contributed by atoms with E-state index in [2.05, 4.69) is 146 Å². The van der Waals surface area contributed by atoms with Crippen molar-refractivity contribution in [3.05, 3.63) is 168 Å². The number of nitriles is 1. The van der Waals surface area contributed by atoms with Crippen LogP contribution in [-0.2, 0) is 37.3 Å².